The smallest absolute Gasteiger partial charge is 0.239 e. The number of rotatable bonds is 7. The normalized spacial score (nSPS) is 13.2. The van der Waals surface area contributed by atoms with Gasteiger partial charge in [0.25, 0.3) is 0 Å². The van der Waals surface area contributed by atoms with Crippen LogP contribution in [0.1, 0.15) is 37.9 Å². The fourth-order valence-electron chi connectivity index (χ4n) is 2.41. The van der Waals surface area contributed by atoms with Gasteiger partial charge in [0.2, 0.25) is 15.9 Å². The highest BCUT2D eigenvalue weighted by atomic mass is 32.2. The Morgan fingerprint density at radius 3 is 2.32 bits per heavy atom. The number of nitrogens with zero attached hydrogens (tertiary/aromatic N) is 1. The van der Waals surface area contributed by atoms with Crippen molar-refractivity contribution in [3.63, 3.8) is 0 Å². The first-order chi connectivity index (χ1) is 10.2. The van der Waals surface area contributed by atoms with Gasteiger partial charge in [-0.05, 0) is 37.9 Å². The molecule has 1 rings (SSSR count). The number of sulfonamides is 1. The van der Waals surface area contributed by atoms with E-state index in [-0.39, 0.29) is 17.9 Å². The topological polar surface area (TPSA) is 66.5 Å². The molecule has 1 aromatic rings. The fraction of sp³-hybridized carbons (Fsp3) is 0.562. The summed E-state index contributed by atoms with van der Waals surface area (Å²) in [5.74, 6) is -0.640. The quantitative estimate of drug-likeness (QED) is 0.834. The van der Waals surface area contributed by atoms with Crippen LogP contribution in [0.5, 0.6) is 0 Å². The zero-order valence-electron chi connectivity index (χ0n) is 14.0. The molecular formula is C16H26N2O3S. The Kier molecular flexibility index (Phi) is 6.56. The Hall–Kier alpha value is -1.40. The maximum Gasteiger partial charge on any atom is 0.239 e. The summed E-state index contributed by atoms with van der Waals surface area (Å²) in [5.41, 5.74) is 2.13. The van der Waals surface area contributed by atoms with Crippen molar-refractivity contribution in [1.82, 2.24) is 9.62 Å². The van der Waals surface area contributed by atoms with E-state index >= 15 is 0 Å². The lowest BCUT2D eigenvalue weighted by molar-refractivity contribution is -0.131. The SMILES string of the molecule is CNS(=O)(=O)CC(=O)N(CC(C)C)[C@H](C)c1ccccc1C. The van der Waals surface area contributed by atoms with Crippen LogP contribution in [0.25, 0.3) is 0 Å². The molecule has 124 valence electrons. The molecule has 0 aliphatic carbocycles. The van der Waals surface area contributed by atoms with Crippen molar-refractivity contribution in [1.29, 1.82) is 0 Å². The molecule has 6 heteroatoms. The Morgan fingerprint density at radius 1 is 1.23 bits per heavy atom. The Labute approximate surface area is 133 Å². The maximum atomic E-state index is 12.5. The van der Waals surface area contributed by atoms with E-state index in [1.165, 1.54) is 7.05 Å². The predicted molar refractivity (Wildman–Crippen MR) is 89.0 cm³/mol. The third-order valence-corrected chi connectivity index (χ3v) is 4.86. The number of nitrogens with one attached hydrogen (secondary N) is 1. The van der Waals surface area contributed by atoms with Gasteiger partial charge in [0.05, 0.1) is 6.04 Å². The highest BCUT2D eigenvalue weighted by Crippen LogP contribution is 2.24. The largest absolute Gasteiger partial charge is 0.335 e. The van der Waals surface area contributed by atoms with Crippen LogP contribution >= 0.6 is 0 Å². The van der Waals surface area contributed by atoms with Crippen LogP contribution in [0, 0.1) is 12.8 Å². The summed E-state index contributed by atoms with van der Waals surface area (Å²) >= 11 is 0. The Morgan fingerprint density at radius 2 is 1.82 bits per heavy atom. The Bertz CT molecular complexity index is 612. The second kappa shape index (κ2) is 7.74. The molecule has 0 aliphatic rings. The number of hydrogen-bond donors (Lipinski definition) is 1. The lowest BCUT2D eigenvalue weighted by Gasteiger charge is -2.32. The second-order valence-corrected chi connectivity index (χ2v) is 7.86. The van der Waals surface area contributed by atoms with Crippen molar-refractivity contribution in [2.24, 2.45) is 5.92 Å². The molecule has 0 bridgehead atoms. The van der Waals surface area contributed by atoms with Crippen molar-refractivity contribution in [3.8, 4) is 0 Å². The molecule has 0 radical (unpaired) electrons. The van der Waals surface area contributed by atoms with Gasteiger partial charge >= 0.3 is 0 Å². The van der Waals surface area contributed by atoms with E-state index in [4.69, 9.17) is 0 Å². The van der Waals surface area contributed by atoms with Crippen molar-refractivity contribution in [3.05, 3.63) is 35.4 Å². The molecule has 0 unspecified atom stereocenters. The first-order valence-corrected chi connectivity index (χ1v) is 9.09. The van der Waals surface area contributed by atoms with E-state index in [0.717, 1.165) is 11.1 Å². The third kappa shape index (κ3) is 5.10. The molecule has 0 aliphatic heterocycles. The van der Waals surface area contributed by atoms with Crippen LogP contribution < -0.4 is 4.72 Å². The van der Waals surface area contributed by atoms with Gasteiger partial charge < -0.3 is 4.90 Å². The lowest BCUT2D eigenvalue weighted by Crippen LogP contribution is -2.42. The molecule has 1 atom stereocenters. The second-order valence-electron chi connectivity index (χ2n) is 5.94. The molecule has 5 nitrogen and oxygen atoms in total. The third-order valence-electron chi connectivity index (χ3n) is 3.61. The number of hydrogen-bond acceptors (Lipinski definition) is 3. The van der Waals surface area contributed by atoms with Crippen molar-refractivity contribution in [2.45, 2.75) is 33.7 Å². The summed E-state index contributed by atoms with van der Waals surface area (Å²) < 4.78 is 25.5. The van der Waals surface area contributed by atoms with Crippen molar-refractivity contribution >= 4 is 15.9 Å². The Balaban J connectivity index is 3.07. The van der Waals surface area contributed by atoms with E-state index < -0.39 is 15.8 Å². The number of carbonyl (C=O) groups excluding carboxylic acids is 1. The van der Waals surface area contributed by atoms with E-state index in [9.17, 15) is 13.2 Å². The molecule has 1 amide bonds. The van der Waals surface area contributed by atoms with Gasteiger partial charge in [0.15, 0.2) is 0 Å². The van der Waals surface area contributed by atoms with E-state index in [1.54, 1.807) is 4.90 Å². The van der Waals surface area contributed by atoms with Crippen molar-refractivity contribution in [2.75, 3.05) is 19.3 Å². The molecule has 1 aromatic carbocycles. The molecular weight excluding hydrogens is 300 g/mol. The molecule has 22 heavy (non-hydrogen) atoms. The van der Waals surface area contributed by atoms with Crippen LogP contribution in [0.15, 0.2) is 24.3 Å². The number of carbonyl (C=O) groups is 1. The van der Waals surface area contributed by atoms with Crippen LogP contribution in [-0.4, -0.2) is 38.6 Å². The fourth-order valence-corrected chi connectivity index (χ4v) is 3.05. The molecule has 0 aromatic heterocycles. The number of aryl methyl sites for hydroxylation is 1. The summed E-state index contributed by atoms with van der Waals surface area (Å²) in [6.45, 7) is 8.48. The standard InChI is InChI=1S/C16H26N2O3S/c1-12(2)10-18(16(19)11-22(20,21)17-5)14(4)15-9-7-6-8-13(15)3/h6-9,12,14,17H,10-11H2,1-5H3/t14-/m1/s1. The minimum atomic E-state index is -3.57. The van der Waals surface area contributed by atoms with Crippen LogP contribution in [0.3, 0.4) is 0 Å². The van der Waals surface area contributed by atoms with Gasteiger partial charge in [-0.15, -0.1) is 0 Å². The van der Waals surface area contributed by atoms with Gasteiger partial charge in [-0.1, -0.05) is 38.1 Å². The first-order valence-electron chi connectivity index (χ1n) is 7.44. The minimum Gasteiger partial charge on any atom is -0.335 e. The molecule has 0 fully saturated rings. The zero-order valence-corrected chi connectivity index (χ0v) is 14.8. The van der Waals surface area contributed by atoms with Crippen LogP contribution in [0.4, 0.5) is 0 Å². The molecule has 0 saturated carbocycles. The van der Waals surface area contributed by atoms with Gasteiger partial charge in [0, 0.05) is 6.54 Å². The molecule has 0 heterocycles. The van der Waals surface area contributed by atoms with Crippen LogP contribution in [0.2, 0.25) is 0 Å². The summed E-state index contributed by atoms with van der Waals surface area (Å²) in [7, 11) is -2.25. The van der Waals surface area contributed by atoms with Gasteiger partial charge in [0.1, 0.15) is 5.75 Å². The average molecular weight is 326 g/mol. The summed E-state index contributed by atoms with van der Waals surface area (Å²) in [5, 5.41) is 0. The minimum absolute atomic E-state index is 0.164. The van der Waals surface area contributed by atoms with Gasteiger partial charge in [-0.25, -0.2) is 13.1 Å². The molecule has 0 saturated heterocycles. The molecule has 1 N–H and O–H groups in total. The summed E-state index contributed by atoms with van der Waals surface area (Å²) in [4.78, 5) is 14.1. The highest BCUT2D eigenvalue weighted by Gasteiger charge is 2.26. The van der Waals surface area contributed by atoms with E-state index in [0.29, 0.717) is 6.54 Å². The zero-order chi connectivity index (χ0) is 16.9. The van der Waals surface area contributed by atoms with Crippen molar-refractivity contribution < 1.29 is 13.2 Å². The first kappa shape index (κ1) is 18.6. The predicted octanol–water partition coefficient (Wildman–Crippen LogP) is 2.09. The van der Waals surface area contributed by atoms with Gasteiger partial charge in [-0.3, -0.25) is 4.79 Å². The summed E-state index contributed by atoms with van der Waals surface area (Å²) in [6.07, 6.45) is 0. The molecule has 0 spiro atoms. The number of amides is 1. The summed E-state index contributed by atoms with van der Waals surface area (Å²) in [6, 6.07) is 7.69. The van der Waals surface area contributed by atoms with Crippen LogP contribution in [-0.2, 0) is 14.8 Å². The number of benzene rings is 1. The van der Waals surface area contributed by atoms with Gasteiger partial charge in [-0.2, -0.15) is 0 Å². The highest BCUT2D eigenvalue weighted by molar-refractivity contribution is 7.90. The van der Waals surface area contributed by atoms with E-state index in [2.05, 4.69) is 4.72 Å². The average Bonchev–Trinajstić information content (AvgIpc) is 2.44. The monoisotopic (exact) mass is 326 g/mol. The lowest BCUT2D eigenvalue weighted by atomic mass is 10.0. The maximum absolute atomic E-state index is 12.5. The van der Waals surface area contributed by atoms with E-state index in [1.807, 2.05) is 52.0 Å².